The van der Waals surface area contributed by atoms with E-state index in [4.69, 9.17) is 21.1 Å². The van der Waals surface area contributed by atoms with Crippen LogP contribution in [-0.4, -0.2) is 76.3 Å². The first kappa shape index (κ1) is 28.2. The van der Waals surface area contributed by atoms with Gasteiger partial charge in [0, 0.05) is 30.1 Å². The predicted molar refractivity (Wildman–Crippen MR) is 159 cm³/mol. The highest BCUT2D eigenvalue weighted by Gasteiger charge is 2.44. The molecule has 3 aliphatic heterocycles. The fourth-order valence-electron chi connectivity index (χ4n) is 7.82. The largest absolute Gasteiger partial charge is 0.490 e. The number of aryl methyl sites for hydroxylation is 1. The molecule has 0 N–H and O–H groups in total. The third-order valence-electron chi connectivity index (χ3n) is 10.2. The Morgan fingerprint density at radius 2 is 1.86 bits per heavy atom. The zero-order chi connectivity index (χ0) is 29.1. The first-order chi connectivity index (χ1) is 20.2. The number of sulfone groups is 1. The molecule has 42 heavy (non-hydrogen) atoms. The fraction of sp³-hybridized carbons (Fsp3) is 0.562. The summed E-state index contributed by atoms with van der Waals surface area (Å²) >= 11 is 6.38. The van der Waals surface area contributed by atoms with Crippen LogP contribution in [0.3, 0.4) is 0 Å². The molecule has 2 fully saturated rings. The third-order valence-corrected chi connectivity index (χ3v) is 12.1. The highest BCUT2D eigenvalue weighted by atomic mass is 35.5. The molecular formula is C32H37ClN2O6S. The van der Waals surface area contributed by atoms with E-state index in [2.05, 4.69) is 17.0 Å². The quantitative estimate of drug-likeness (QED) is 0.440. The van der Waals surface area contributed by atoms with Gasteiger partial charge in [-0.05, 0) is 98.2 Å². The molecule has 5 aliphatic rings. The average Bonchev–Trinajstić information content (AvgIpc) is 3.40. The van der Waals surface area contributed by atoms with Gasteiger partial charge in [0.15, 0.2) is 15.6 Å². The molecule has 1 unspecified atom stereocenters. The maximum atomic E-state index is 13.6. The third kappa shape index (κ3) is 5.01. The van der Waals surface area contributed by atoms with E-state index >= 15 is 0 Å². The number of hydrogen-bond donors (Lipinski definition) is 0. The van der Waals surface area contributed by atoms with E-state index in [1.807, 2.05) is 6.07 Å². The Bertz CT molecular complexity index is 1530. The number of benzene rings is 2. The van der Waals surface area contributed by atoms with Crippen molar-refractivity contribution in [3.63, 3.8) is 0 Å². The summed E-state index contributed by atoms with van der Waals surface area (Å²) < 4.78 is 39.8. The number of ether oxygens (including phenoxy) is 2. The molecule has 10 heteroatoms. The Kier molecular flexibility index (Phi) is 7.26. The highest BCUT2D eigenvalue weighted by Crippen LogP contribution is 2.46. The lowest BCUT2D eigenvalue weighted by molar-refractivity contribution is -0.141. The summed E-state index contributed by atoms with van der Waals surface area (Å²) in [5.41, 5.74) is 3.00. The SMILES string of the molecule is O=C1CS(=O)(=O)c2ccc3c(c2)N(C[C@@H]2CC[C@H]2COCC(=O)N2CCCC12)C[C@@]1(CCCc2cc(Cl)ccc21)CO3. The number of amides is 1. The molecule has 2 aromatic rings. The van der Waals surface area contributed by atoms with Crippen molar-refractivity contribution in [3.05, 3.63) is 52.5 Å². The summed E-state index contributed by atoms with van der Waals surface area (Å²) in [6.45, 7) is 2.79. The van der Waals surface area contributed by atoms with Crippen molar-refractivity contribution in [2.24, 2.45) is 11.8 Å². The zero-order valence-electron chi connectivity index (χ0n) is 23.7. The summed E-state index contributed by atoms with van der Waals surface area (Å²) in [6, 6.07) is 10.5. The number of carbonyl (C=O) groups is 2. The Morgan fingerprint density at radius 3 is 2.69 bits per heavy atom. The number of fused-ring (bicyclic) bond motifs is 5. The van der Waals surface area contributed by atoms with Gasteiger partial charge in [0.1, 0.15) is 18.1 Å². The van der Waals surface area contributed by atoms with Gasteiger partial charge in [0.25, 0.3) is 0 Å². The first-order valence-electron chi connectivity index (χ1n) is 15.2. The lowest BCUT2D eigenvalue weighted by atomic mass is 9.69. The number of ketones is 1. The fourth-order valence-corrected chi connectivity index (χ4v) is 9.31. The van der Waals surface area contributed by atoms with E-state index in [0.29, 0.717) is 56.7 Å². The Morgan fingerprint density at radius 1 is 1.00 bits per heavy atom. The van der Waals surface area contributed by atoms with Crippen molar-refractivity contribution < 1.29 is 27.5 Å². The van der Waals surface area contributed by atoms with Crippen LogP contribution < -0.4 is 9.64 Å². The smallest absolute Gasteiger partial charge is 0.249 e. The van der Waals surface area contributed by atoms with E-state index < -0.39 is 27.4 Å². The second-order valence-electron chi connectivity index (χ2n) is 12.8. The van der Waals surface area contributed by atoms with Gasteiger partial charge in [-0.3, -0.25) is 9.59 Å². The van der Waals surface area contributed by atoms with Crippen LogP contribution in [0.15, 0.2) is 41.3 Å². The molecule has 1 spiro atoms. The molecule has 1 amide bonds. The van der Waals surface area contributed by atoms with Gasteiger partial charge in [-0.2, -0.15) is 0 Å². The zero-order valence-corrected chi connectivity index (χ0v) is 25.3. The van der Waals surface area contributed by atoms with Gasteiger partial charge in [0.05, 0.1) is 29.8 Å². The van der Waals surface area contributed by atoms with Crippen molar-refractivity contribution in [1.82, 2.24) is 4.90 Å². The minimum absolute atomic E-state index is 0.0804. The van der Waals surface area contributed by atoms with Gasteiger partial charge in [-0.15, -0.1) is 0 Å². The van der Waals surface area contributed by atoms with E-state index in [9.17, 15) is 18.0 Å². The normalized spacial score (nSPS) is 30.9. The number of carbonyl (C=O) groups excluding carboxylic acids is 2. The van der Waals surface area contributed by atoms with Crippen LogP contribution in [0.5, 0.6) is 5.75 Å². The number of rotatable bonds is 0. The molecule has 1 saturated heterocycles. The van der Waals surface area contributed by atoms with Gasteiger partial charge in [-0.1, -0.05) is 17.7 Å². The van der Waals surface area contributed by atoms with E-state index in [1.165, 1.54) is 16.0 Å². The molecule has 224 valence electrons. The van der Waals surface area contributed by atoms with E-state index in [1.54, 1.807) is 18.2 Å². The minimum Gasteiger partial charge on any atom is -0.490 e. The molecule has 2 aliphatic carbocycles. The van der Waals surface area contributed by atoms with Crippen molar-refractivity contribution in [2.45, 2.75) is 61.3 Å². The molecule has 0 aromatic heterocycles. The maximum Gasteiger partial charge on any atom is 0.249 e. The minimum atomic E-state index is -3.94. The van der Waals surface area contributed by atoms with Gasteiger partial charge >= 0.3 is 0 Å². The van der Waals surface area contributed by atoms with Crippen LogP contribution in [0, 0.1) is 11.8 Å². The maximum absolute atomic E-state index is 13.6. The van der Waals surface area contributed by atoms with E-state index in [-0.39, 0.29) is 22.8 Å². The Hall–Kier alpha value is -2.62. The molecule has 2 aromatic carbocycles. The lowest BCUT2D eigenvalue weighted by Crippen LogP contribution is -2.49. The second kappa shape index (κ2) is 10.8. The summed E-state index contributed by atoms with van der Waals surface area (Å²) in [6.07, 6.45) is 6.19. The van der Waals surface area contributed by atoms with Crippen molar-refractivity contribution in [1.29, 1.82) is 0 Å². The Balaban J connectivity index is 1.29. The van der Waals surface area contributed by atoms with Crippen molar-refractivity contribution >= 4 is 38.8 Å². The van der Waals surface area contributed by atoms with Crippen LogP contribution in [-0.2, 0) is 36.0 Å². The van der Waals surface area contributed by atoms with Crippen LogP contribution in [0.1, 0.15) is 49.7 Å². The van der Waals surface area contributed by atoms with Crippen LogP contribution in [0.2, 0.25) is 5.02 Å². The summed E-state index contributed by atoms with van der Waals surface area (Å²) in [5.74, 6) is 0.0245. The molecule has 4 atom stereocenters. The predicted octanol–water partition coefficient (Wildman–Crippen LogP) is 4.20. The summed E-state index contributed by atoms with van der Waals surface area (Å²) in [5, 5.41) is 0.731. The van der Waals surface area contributed by atoms with Crippen molar-refractivity contribution in [2.75, 3.05) is 50.1 Å². The molecule has 7 rings (SSSR count). The second-order valence-corrected chi connectivity index (χ2v) is 15.2. The monoisotopic (exact) mass is 612 g/mol. The topological polar surface area (TPSA) is 93.2 Å². The molecular weight excluding hydrogens is 576 g/mol. The van der Waals surface area contributed by atoms with Gasteiger partial charge in [0.2, 0.25) is 5.91 Å². The highest BCUT2D eigenvalue weighted by molar-refractivity contribution is 7.92. The first-order valence-corrected chi connectivity index (χ1v) is 17.2. The van der Waals surface area contributed by atoms with Crippen molar-refractivity contribution in [3.8, 4) is 5.75 Å². The number of nitrogens with zero attached hydrogens (tertiary/aromatic N) is 2. The lowest BCUT2D eigenvalue weighted by Gasteiger charge is -2.44. The number of Topliss-reactive ketones (excluding diaryl/α,β-unsaturated/α-hetero) is 1. The average molecular weight is 613 g/mol. The van der Waals surface area contributed by atoms with Gasteiger partial charge < -0.3 is 19.3 Å². The molecule has 3 heterocycles. The van der Waals surface area contributed by atoms with Crippen LogP contribution in [0.25, 0.3) is 0 Å². The number of hydrogen-bond acceptors (Lipinski definition) is 7. The van der Waals surface area contributed by atoms with Crippen LogP contribution >= 0.6 is 11.6 Å². The van der Waals surface area contributed by atoms with Crippen LogP contribution in [0.4, 0.5) is 5.69 Å². The number of anilines is 1. The molecule has 1 saturated carbocycles. The summed E-state index contributed by atoms with van der Waals surface area (Å²) in [7, 11) is -3.94. The van der Waals surface area contributed by atoms with Gasteiger partial charge in [-0.25, -0.2) is 8.42 Å². The molecule has 0 radical (unpaired) electrons. The van der Waals surface area contributed by atoms with E-state index in [0.717, 1.165) is 49.4 Å². The molecule has 8 nitrogen and oxygen atoms in total. The molecule has 2 bridgehead atoms. The standard InChI is InChI=1S/C32H37ClN2O6S/c33-24-7-9-26-21(13-24)3-1-11-32(26)19-34-15-22-5-6-23(22)16-40-17-31(37)35-12-2-4-27(35)29(36)18-42(38,39)25-8-10-30(41-20-32)28(34)14-25/h7-10,13-14,22-23,27H,1-6,11-12,15-20H2/t22-,23-,27?,32-/m0/s1. The number of halogens is 1. The summed E-state index contributed by atoms with van der Waals surface area (Å²) in [4.78, 5) is 30.2. The Labute approximate surface area is 252 Å².